The molecule has 1 amide bonds. The molecule has 4 heterocycles. The SMILES string of the molecule is COc1cccc(-c2nn(-c3ccc(CCN4CC5CCC(C4)O5)cn3)c(=O)n2CC(=O)NC(C)(C)C)c1. The van der Waals surface area contributed by atoms with Gasteiger partial charge in [-0.25, -0.2) is 9.78 Å². The molecule has 0 radical (unpaired) electrons. The van der Waals surface area contributed by atoms with Crippen LogP contribution in [0.2, 0.25) is 0 Å². The quantitative estimate of drug-likeness (QED) is 0.487. The lowest BCUT2D eigenvalue weighted by Gasteiger charge is -2.31. The maximum Gasteiger partial charge on any atom is 0.352 e. The first-order valence-corrected chi connectivity index (χ1v) is 13.2. The standard InChI is InChI=1S/C28H36N6O4/c1-28(2,3)30-25(35)18-33-26(20-6-5-7-21(14-20)37-4)31-34(27(33)36)24-11-8-19(15-29-24)12-13-32-16-22-9-10-23(17-32)38-22/h5-8,11,14-15,22-23H,9-10,12-13,16-18H2,1-4H3,(H,30,35). The van der Waals surface area contributed by atoms with Gasteiger partial charge < -0.3 is 14.8 Å². The number of methoxy groups -OCH3 is 1. The number of pyridine rings is 1. The van der Waals surface area contributed by atoms with Gasteiger partial charge in [0.2, 0.25) is 5.91 Å². The first-order valence-electron chi connectivity index (χ1n) is 13.2. The highest BCUT2D eigenvalue weighted by Crippen LogP contribution is 2.26. The second-order valence-corrected chi connectivity index (χ2v) is 11.1. The van der Waals surface area contributed by atoms with E-state index in [1.54, 1.807) is 19.4 Å². The zero-order valence-corrected chi connectivity index (χ0v) is 22.5. The molecule has 2 saturated heterocycles. The van der Waals surface area contributed by atoms with E-state index in [-0.39, 0.29) is 12.5 Å². The molecule has 2 aromatic heterocycles. The van der Waals surface area contributed by atoms with Crippen LogP contribution in [0.25, 0.3) is 17.2 Å². The molecule has 38 heavy (non-hydrogen) atoms. The van der Waals surface area contributed by atoms with Crippen molar-refractivity contribution in [2.24, 2.45) is 0 Å². The molecule has 5 rings (SSSR count). The number of likely N-dealkylation sites (tertiary alicyclic amines) is 1. The molecule has 1 aromatic carbocycles. The van der Waals surface area contributed by atoms with Gasteiger partial charge in [0.15, 0.2) is 11.6 Å². The summed E-state index contributed by atoms with van der Waals surface area (Å²) in [5.74, 6) is 1.13. The fourth-order valence-electron chi connectivity index (χ4n) is 5.12. The normalized spacial score (nSPS) is 19.5. The van der Waals surface area contributed by atoms with E-state index in [1.807, 2.05) is 51.1 Å². The van der Waals surface area contributed by atoms with E-state index in [1.165, 1.54) is 9.25 Å². The minimum atomic E-state index is -0.434. The molecule has 2 atom stereocenters. The van der Waals surface area contributed by atoms with Crippen LogP contribution >= 0.6 is 0 Å². The van der Waals surface area contributed by atoms with Crippen LogP contribution in [0.15, 0.2) is 47.4 Å². The number of fused-ring (bicyclic) bond motifs is 2. The van der Waals surface area contributed by atoms with Gasteiger partial charge in [0, 0.05) is 36.9 Å². The van der Waals surface area contributed by atoms with Crippen molar-refractivity contribution in [3.05, 3.63) is 58.6 Å². The predicted octanol–water partition coefficient (Wildman–Crippen LogP) is 2.43. The van der Waals surface area contributed by atoms with Gasteiger partial charge in [-0.05, 0) is 63.8 Å². The predicted molar refractivity (Wildman–Crippen MR) is 144 cm³/mol. The molecule has 0 spiro atoms. The highest BCUT2D eigenvalue weighted by Gasteiger charge is 2.33. The Morgan fingerprint density at radius 1 is 1.16 bits per heavy atom. The largest absolute Gasteiger partial charge is 0.497 e. The van der Waals surface area contributed by atoms with Gasteiger partial charge in [0.05, 0.1) is 19.3 Å². The van der Waals surface area contributed by atoms with Gasteiger partial charge in [0.1, 0.15) is 12.3 Å². The van der Waals surface area contributed by atoms with E-state index in [0.29, 0.717) is 35.2 Å². The lowest BCUT2D eigenvalue weighted by Crippen LogP contribution is -2.43. The molecular formula is C28H36N6O4. The second kappa shape index (κ2) is 10.7. The molecule has 0 aliphatic carbocycles. The van der Waals surface area contributed by atoms with E-state index < -0.39 is 11.2 Å². The van der Waals surface area contributed by atoms with Crippen LogP contribution in [0.4, 0.5) is 0 Å². The average molecular weight is 521 g/mol. The Morgan fingerprint density at radius 3 is 2.58 bits per heavy atom. The molecular weight excluding hydrogens is 484 g/mol. The van der Waals surface area contributed by atoms with Crippen molar-refractivity contribution < 1.29 is 14.3 Å². The first-order chi connectivity index (χ1) is 18.2. The minimum Gasteiger partial charge on any atom is -0.497 e. The van der Waals surface area contributed by atoms with E-state index in [4.69, 9.17) is 9.47 Å². The molecule has 1 N–H and O–H groups in total. The summed E-state index contributed by atoms with van der Waals surface area (Å²) in [6.07, 6.45) is 5.75. The molecule has 2 aliphatic rings. The average Bonchev–Trinajstić information content (AvgIpc) is 3.40. The Bertz CT molecular complexity index is 1330. The minimum absolute atomic E-state index is 0.164. The number of ether oxygens (including phenoxy) is 2. The van der Waals surface area contributed by atoms with Crippen molar-refractivity contribution in [3.8, 4) is 23.0 Å². The van der Waals surface area contributed by atoms with Gasteiger partial charge >= 0.3 is 5.69 Å². The number of nitrogens with one attached hydrogen (secondary N) is 1. The van der Waals surface area contributed by atoms with E-state index in [9.17, 15) is 9.59 Å². The molecule has 0 saturated carbocycles. The zero-order chi connectivity index (χ0) is 26.9. The number of carbonyl (C=O) groups excluding carboxylic acids is 1. The maximum absolute atomic E-state index is 13.5. The number of morpholine rings is 1. The number of carbonyl (C=O) groups is 1. The molecule has 10 nitrogen and oxygen atoms in total. The van der Waals surface area contributed by atoms with Crippen molar-refractivity contribution in [3.63, 3.8) is 0 Å². The zero-order valence-electron chi connectivity index (χ0n) is 22.5. The van der Waals surface area contributed by atoms with E-state index >= 15 is 0 Å². The number of hydrogen-bond donors (Lipinski definition) is 1. The summed E-state index contributed by atoms with van der Waals surface area (Å²) in [6, 6.07) is 11.1. The highest BCUT2D eigenvalue weighted by atomic mass is 16.5. The smallest absolute Gasteiger partial charge is 0.352 e. The third-order valence-electron chi connectivity index (χ3n) is 6.87. The lowest BCUT2D eigenvalue weighted by molar-refractivity contribution is -0.123. The summed E-state index contributed by atoms with van der Waals surface area (Å²) in [5, 5.41) is 7.51. The first kappa shape index (κ1) is 26.1. The van der Waals surface area contributed by atoms with Crippen LogP contribution in [0, 0.1) is 0 Å². The summed E-state index contributed by atoms with van der Waals surface area (Å²) in [4.78, 5) is 33.3. The molecule has 2 aliphatic heterocycles. The number of aromatic nitrogens is 4. The summed E-state index contributed by atoms with van der Waals surface area (Å²) in [6.45, 7) is 8.46. The third kappa shape index (κ3) is 5.97. The third-order valence-corrected chi connectivity index (χ3v) is 6.87. The highest BCUT2D eigenvalue weighted by molar-refractivity contribution is 5.77. The van der Waals surface area contributed by atoms with E-state index in [0.717, 1.165) is 44.5 Å². The number of amides is 1. The van der Waals surface area contributed by atoms with Gasteiger partial charge in [-0.3, -0.25) is 14.3 Å². The molecule has 2 fully saturated rings. The summed E-state index contributed by atoms with van der Waals surface area (Å²) in [7, 11) is 1.58. The van der Waals surface area contributed by atoms with Gasteiger partial charge in [-0.15, -0.1) is 5.10 Å². The monoisotopic (exact) mass is 520 g/mol. The van der Waals surface area contributed by atoms with Crippen LogP contribution < -0.4 is 15.7 Å². The molecule has 2 bridgehead atoms. The summed E-state index contributed by atoms with van der Waals surface area (Å²) in [5.41, 5.74) is 0.902. The fourth-order valence-corrected chi connectivity index (χ4v) is 5.12. The molecule has 202 valence electrons. The van der Waals surface area contributed by atoms with Crippen molar-refractivity contribution in [2.45, 2.75) is 64.3 Å². The fraction of sp³-hybridized carbons (Fsp3) is 0.500. The lowest BCUT2D eigenvalue weighted by atomic mass is 10.1. The molecule has 10 heteroatoms. The van der Waals surface area contributed by atoms with Crippen LogP contribution in [-0.4, -0.2) is 74.6 Å². The van der Waals surface area contributed by atoms with Crippen molar-refractivity contribution >= 4 is 5.91 Å². The number of rotatable bonds is 8. The van der Waals surface area contributed by atoms with Crippen molar-refractivity contribution in [2.75, 3.05) is 26.7 Å². The number of nitrogens with zero attached hydrogens (tertiary/aromatic N) is 5. The second-order valence-electron chi connectivity index (χ2n) is 11.1. The summed E-state index contributed by atoms with van der Waals surface area (Å²) >= 11 is 0. The van der Waals surface area contributed by atoms with Crippen LogP contribution in [0.3, 0.4) is 0 Å². The van der Waals surface area contributed by atoms with Gasteiger partial charge in [-0.1, -0.05) is 18.2 Å². The Morgan fingerprint density at radius 2 is 1.92 bits per heavy atom. The van der Waals surface area contributed by atoms with Crippen LogP contribution in [0.5, 0.6) is 5.75 Å². The number of hydrogen-bond acceptors (Lipinski definition) is 7. The Hall–Kier alpha value is -3.50. The van der Waals surface area contributed by atoms with Crippen LogP contribution in [0.1, 0.15) is 39.2 Å². The summed E-state index contributed by atoms with van der Waals surface area (Å²) < 4.78 is 13.9. The van der Waals surface area contributed by atoms with Crippen LogP contribution in [-0.2, 0) is 22.5 Å². The van der Waals surface area contributed by atoms with Gasteiger partial charge in [0.25, 0.3) is 0 Å². The molecule has 3 aromatic rings. The van der Waals surface area contributed by atoms with Crippen molar-refractivity contribution in [1.82, 2.24) is 29.5 Å². The van der Waals surface area contributed by atoms with E-state index in [2.05, 4.69) is 20.3 Å². The maximum atomic E-state index is 13.5. The Labute approximate surface area is 222 Å². The number of benzene rings is 1. The molecule has 2 unspecified atom stereocenters. The Balaban J connectivity index is 1.38. The topological polar surface area (TPSA) is 104 Å². The Kier molecular flexibility index (Phi) is 7.36. The van der Waals surface area contributed by atoms with Crippen molar-refractivity contribution in [1.29, 1.82) is 0 Å². The van der Waals surface area contributed by atoms with Gasteiger partial charge in [-0.2, -0.15) is 4.68 Å².